The molecule has 174 valence electrons. The van der Waals surface area contributed by atoms with Crippen molar-refractivity contribution >= 4 is 37.1 Å². The van der Waals surface area contributed by atoms with Crippen molar-refractivity contribution < 1.29 is 34.8 Å². The van der Waals surface area contributed by atoms with Crippen molar-refractivity contribution in [3.8, 4) is 0 Å². The molecule has 3 aromatic carbocycles. The molecule has 0 atom stereocenters. The molecule has 0 heterocycles. The molecule has 0 aliphatic rings. The molecule has 3 aromatic rings. The number of halogens is 3. The molecule has 0 aliphatic heterocycles. The summed E-state index contributed by atoms with van der Waals surface area (Å²) in [6.07, 6.45) is 0. The number of carbonyl (C=O) groups is 1. The monoisotopic (exact) mass is 498 g/mol. The molecule has 7 nitrogen and oxygen atoms in total. The van der Waals surface area contributed by atoms with Crippen molar-refractivity contribution in [1.82, 2.24) is 0 Å². The van der Waals surface area contributed by atoms with E-state index >= 15 is 0 Å². The number of sulfonamides is 1. The number of sulfone groups is 1. The van der Waals surface area contributed by atoms with E-state index in [0.717, 1.165) is 17.7 Å². The van der Waals surface area contributed by atoms with E-state index in [1.807, 2.05) is 6.92 Å². The van der Waals surface area contributed by atoms with Gasteiger partial charge in [0.25, 0.3) is 25.8 Å². The standard InChI is InChI=1S/C21H17F3N2O5S2/c1-14-2-10-19(11-3-14)33(30,31)26-17-8-6-16(7-9-17)25-20(27)15-4-12-18(13-5-15)32(28,29)21(22,23)24/h2-13,26H,1H3,(H,25,27). The van der Waals surface area contributed by atoms with Gasteiger partial charge in [0, 0.05) is 16.9 Å². The third kappa shape index (κ3) is 5.52. The first-order valence-electron chi connectivity index (χ1n) is 9.22. The smallest absolute Gasteiger partial charge is 0.322 e. The fourth-order valence-electron chi connectivity index (χ4n) is 2.68. The molecule has 0 fully saturated rings. The Morgan fingerprint density at radius 3 is 1.73 bits per heavy atom. The Labute approximate surface area is 188 Å². The minimum absolute atomic E-state index is 0.0692. The molecule has 1 amide bonds. The number of rotatable bonds is 6. The fourth-order valence-corrected chi connectivity index (χ4v) is 4.50. The molecule has 0 unspecified atom stereocenters. The Morgan fingerprint density at radius 2 is 1.21 bits per heavy atom. The van der Waals surface area contributed by atoms with E-state index in [2.05, 4.69) is 10.0 Å². The van der Waals surface area contributed by atoms with Gasteiger partial charge in [-0.3, -0.25) is 9.52 Å². The molecule has 0 aliphatic carbocycles. The van der Waals surface area contributed by atoms with Crippen molar-refractivity contribution in [1.29, 1.82) is 0 Å². The number of anilines is 2. The Kier molecular flexibility index (Phi) is 6.52. The van der Waals surface area contributed by atoms with Crippen LogP contribution in [0.25, 0.3) is 0 Å². The molecule has 0 aromatic heterocycles. The first-order valence-corrected chi connectivity index (χ1v) is 12.2. The minimum Gasteiger partial charge on any atom is -0.322 e. The van der Waals surface area contributed by atoms with Gasteiger partial charge >= 0.3 is 5.51 Å². The second-order valence-electron chi connectivity index (χ2n) is 6.92. The SMILES string of the molecule is Cc1ccc(S(=O)(=O)Nc2ccc(NC(=O)c3ccc(S(=O)(=O)C(F)(F)F)cc3)cc2)cc1. The summed E-state index contributed by atoms with van der Waals surface area (Å²) in [5.41, 5.74) is -4.08. The van der Waals surface area contributed by atoms with Gasteiger partial charge in [-0.15, -0.1) is 0 Å². The third-order valence-electron chi connectivity index (χ3n) is 4.46. The maximum Gasteiger partial charge on any atom is 0.501 e. The normalized spacial score (nSPS) is 12.2. The predicted octanol–water partition coefficient (Wildman–Crippen LogP) is 4.34. The van der Waals surface area contributed by atoms with Crippen molar-refractivity contribution in [2.75, 3.05) is 10.0 Å². The van der Waals surface area contributed by atoms with Gasteiger partial charge < -0.3 is 5.32 Å². The number of hydrogen-bond acceptors (Lipinski definition) is 5. The van der Waals surface area contributed by atoms with E-state index in [9.17, 15) is 34.8 Å². The lowest BCUT2D eigenvalue weighted by Crippen LogP contribution is -2.23. The average Bonchev–Trinajstić information content (AvgIpc) is 2.74. The van der Waals surface area contributed by atoms with Gasteiger partial charge in [-0.05, 0) is 67.6 Å². The number of amides is 1. The van der Waals surface area contributed by atoms with Gasteiger partial charge in [0.15, 0.2) is 0 Å². The van der Waals surface area contributed by atoms with Gasteiger partial charge in [-0.2, -0.15) is 13.2 Å². The van der Waals surface area contributed by atoms with Gasteiger partial charge in [-0.25, -0.2) is 16.8 Å². The van der Waals surface area contributed by atoms with Crippen molar-refractivity contribution in [2.45, 2.75) is 22.2 Å². The molecule has 0 saturated carbocycles. The van der Waals surface area contributed by atoms with Crippen LogP contribution < -0.4 is 10.0 Å². The fraction of sp³-hybridized carbons (Fsp3) is 0.0952. The first kappa shape index (κ1) is 24.3. The van der Waals surface area contributed by atoms with Crippen LogP contribution in [0.4, 0.5) is 24.5 Å². The summed E-state index contributed by atoms with van der Waals surface area (Å²) in [6.45, 7) is 1.83. The molecule has 0 saturated heterocycles. The lowest BCUT2D eigenvalue weighted by molar-refractivity contribution is -0.0436. The van der Waals surface area contributed by atoms with Gasteiger partial charge in [0.05, 0.1) is 9.79 Å². The Balaban J connectivity index is 1.68. The summed E-state index contributed by atoms with van der Waals surface area (Å²) < 4.78 is 87.8. The maximum absolute atomic E-state index is 12.6. The molecular formula is C21H17F3N2O5S2. The van der Waals surface area contributed by atoms with Crippen LogP contribution in [-0.2, 0) is 19.9 Å². The number of benzene rings is 3. The third-order valence-corrected chi connectivity index (χ3v) is 7.36. The predicted molar refractivity (Wildman–Crippen MR) is 116 cm³/mol. The summed E-state index contributed by atoms with van der Waals surface area (Å²) in [6, 6.07) is 15.3. The van der Waals surface area contributed by atoms with E-state index < -0.39 is 36.2 Å². The van der Waals surface area contributed by atoms with Crippen LogP contribution >= 0.6 is 0 Å². The zero-order chi connectivity index (χ0) is 24.4. The highest BCUT2D eigenvalue weighted by atomic mass is 32.2. The highest BCUT2D eigenvalue weighted by Crippen LogP contribution is 2.30. The van der Waals surface area contributed by atoms with E-state index in [4.69, 9.17) is 0 Å². The van der Waals surface area contributed by atoms with Crippen LogP contribution in [0.3, 0.4) is 0 Å². The summed E-state index contributed by atoms with van der Waals surface area (Å²) in [7, 11) is -9.31. The summed E-state index contributed by atoms with van der Waals surface area (Å²) in [5.74, 6) is -0.695. The summed E-state index contributed by atoms with van der Waals surface area (Å²) >= 11 is 0. The highest BCUT2D eigenvalue weighted by molar-refractivity contribution is 7.92. The minimum atomic E-state index is -5.51. The molecule has 0 radical (unpaired) electrons. The van der Waals surface area contributed by atoms with Crippen molar-refractivity contribution in [3.63, 3.8) is 0 Å². The van der Waals surface area contributed by atoms with Crippen LogP contribution in [0, 0.1) is 6.92 Å². The number of alkyl halides is 3. The maximum atomic E-state index is 12.6. The Bertz CT molecular complexity index is 1370. The first-order chi connectivity index (χ1) is 15.3. The number of carbonyl (C=O) groups excluding carboxylic acids is 1. The van der Waals surface area contributed by atoms with Crippen LogP contribution in [0.2, 0.25) is 0 Å². The van der Waals surface area contributed by atoms with E-state index in [1.54, 1.807) is 12.1 Å². The van der Waals surface area contributed by atoms with Crippen LogP contribution in [0.5, 0.6) is 0 Å². The second kappa shape index (κ2) is 8.87. The van der Waals surface area contributed by atoms with Gasteiger partial charge in [-0.1, -0.05) is 17.7 Å². The molecule has 3 rings (SSSR count). The van der Waals surface area contributed by atoms with E-state index in [1.165, 1.54) is 36.4 Å². The molecular weight excluding hydrogens is 481 g/mol. The number of nitrogens with one attached hydrogen (secondary N) is 2. The van der Waals surface area contributed by atoms with Crippen molar-refractivity contribution in [2.24, 2.45) is 0 Å². The second-order valence-corrected chi connectivity index (χ2v) is 10.5. The average molecular weight is 499 g/mol. The summed E-state index contributed by atoms with van der Waals surface area (Å²) in [4.78, 5) is 11.4. The van der Waals surface area contributed by atoms with Gasteiger partial charge in [0.2, 0.25) is 0 Å². The van der Waals surface area contributed by atoms with E-state index in [-0.39, 0.29) is 21.8 Å². The van der Waals surface area contributed by atoms with Crippen LogP contribution in [0.15, 0.2) is 82.6 Å². The largest absolute Gasteiger partial charge is 0.501 e. The molecule has 0 bridgehead atoms. The summed E-state index contributed by atoms with van der Waals surface area (Å²) in [5, 5.41) is 2.49. The topological polar surface area (TPSA) is 109 Å². The van der Waals surface area contributed by atoms with Gasteiger partial charge in [0.1, 0.15) is 0 Å². The molecule has 2 N–H and O–H groups in total. The van der Waals surface area contributed by atoms with E-state index in [0.29, 0.717) is 12.1 Å². The molecule has 33 heavy (non-hydrogen) atoms. The lowest BCUT2D eigenvalue weighted by atomic mass is 10.2. The number of aryl methyl sites for hydroxylation is 1. The highest BCUT2D eigenvalue weighted by Gasteiger charge is 2.46. The Morgan fingerprint density at radius 1 is 0.727 bits per heavy atom. The number of hydrogen-bond donors (Lipinski definition) is 2. The van der Waals surface area contributed by atoms with Crippen molar-refractivity contribution in [3.05, 3.63) is 83.9 Å². The van der Waals surface area contributed by atoms with Crippen LogP contribution in [0.1, 0.15) is 15.9 Å². The molecule has 0 spiro atoms. The Hall–Kier alpha value is -3.38. The van der Waals surface area contributed by atoms with Crippen LogP contribution in [-0.4, -0.2) is 28.3 Å². The molecule has 12 heteroatoms. The lowest BCUT2D eigenvalue weighted by Gasteiger charge is -2.11. The quantitative estimate of drug-likeness (QED) is 0.526. The zero-order valence-corrected chi connectivity index (χ0v) is 18.6. The zero-order valence-electron chi connectivity index (χ0n) is 16.9.